The fraction of sp³-hybridized carbons (Fsp3) is 0.769. The van der Waals surface area contributed by atoms with Crippen LogP contribution in [0.2, 0.25) is 0 Å². The maximum absolute atomic E-state index is 11.7. The molecule has 0 aromatic heterocycles. The van der Waals surface area contributed by atoms with Gasteiger partial charge in [-0.2, -0.15) is 0 Å². The van der Waals surface area contributed by atoms with Crippen LogP contribution in [0.15, 0.2) is 0 Å². The fourth-order valence-electron chi connectivity index (χ4n) is 4.02. The van der Waals surface area contributed by atoms with Crippen LogP contribution in [0.1, 0.15) is 20.3 Å². The van der Waals surface area contributed by atoms with Crippen molar-refractivity contribution in [2.45, 2.75) is 32.5 Å². The Labute approximate surface area is 110 Å². The molecule has 6 nitrogen and oxygen atoms in total. The van der Waals surface area contributed by atoms with E-state index in [-0.39, 0.29) is 53.8 Å². The highest BCUT2D eigenvalue weighted by molar-refractivity contribution is 5.77. The minimum atomic E-state index is -0.364. The minimum absolute atomic E-state index is 0.0000463. The summed E-state index contributed by atoms with van der Waals surface area (Å²) in [6, 6.07) is 0. The Bertz CT molecular complexity index is 444. The van der Waals surface area contributed by atoms with Crippen LogP contribution in [-0.2, 0) is 28.6 Å². The third kappa shape index (κ3) is 1.81. The molecular formula is C13H16O6. The Morgan fingerprint density at radius 1 is 1.16 bits per heavy atom. The van der Waals surface area contributed by atoms with Crippen molar-refractivity contribution >= 4 is 17.9 Å². The molecule has 0 aromatic carbocycles. The molecule has 2 aliphatic carbocycles. The van der Waals surface area contributed by atoms with Crippen LogP contribution in [0.3, 0.4) is 0 Å². The number of hydrogen-bond acceptors (Lipinski definition) is 6. The Morgan fingerprint density at radius 2 is 1.84 bits per heavy atom. The zero-order valence-electron chi connectivity index (χ0n) is 10.8. The van der Waals surface area contributed by atoms with E-state index in [4.69, 9.17) is 14.2 Å². The molecule has 1 aliphatic heterocycles. The second-order valence-electron chi connectivity index (χ2n) is 5.52. The summed E-state index contributed by atoms with van der Waals surface area (Å²) >= 11 is 0. The predicted octanol–water partition coefficient (Wildman–Crippen LogP) is 0.289. The van der Waals surface area contributed by atoms with Crippen molar-refractivity contribution in [2.24, 2.45) is 23.7 Å². The average Bonchev–Trinajstić information content (AvgIpc) is 2.89. The molecule has 104 valence electrons. The summed E-state index contributed by atoms with van der Waals surface area (Å²) in [4.78, 5) is 34.1. The lowest BCUT2D eigenvalue weighted by Crippen LogP contribution is -2.35. The van der Waals surface area contributed by atoms with Crippen molar-refractivity contribution in [1.82, 2.24) is 0 Å². The maximum atomic E-state index is 11.7. The topological polar surface area (TPSA) is 78.9 Å². The molecule has 19 heavy (non-hydrogen) atoms. The average molecular weight is 268 g/mol. The number of carbonyl (C=O) groups excluding carboxylic acids is 3. The van der Waals surface area contributed by atoms with Crippen LogP contribution in [0.4, 0.5) is 0 Å². The van der Waals surface area contributed by atoms with Gasteiger partial charge >= 0.3 is 17.9 Å². The van der Waals surface area contributed by atoms with Gasteiger partial charge in [-0.1, -0.05) is 0 Å². The SMILES string of the molecule is CC(=O)O[C@@H]1[C@@H]2C[C@H](OC(C)=O)[C@@H]1[C@@H]1COC(=O)[C@H]12. The molecule has 6 atom stereocenters. The van der Waals surface area contributed by atoms with Gasteiger partial charge in [-0.05, 0) is 6.42 Å². The highest BCUT2D eigenvalue weighted by Crippen LogP contribution is 2.57. The first-order valence-corrected chi connectivity index (χ1v) is 6.50. The molecule has 6 heteroatoms. The van der Waals surface area contributed by atoms with E-state index >= 15 is 0 Å². The summed E-state index contributed by atoms with van der Waals surface area (Å²) in [5.74, 6) is -1.33. The Hall–Kier alpha value is -1.59. The van der Waals surface area contributed by atoms with Crippen molar-refractivity contribution < 1.29 is 28.6 Å². The van der Waals surface area contributed by atoms with Crippen LogP contribution in [-0.4, -0.2) is 36.7 Å². The van der Waals surface area contributed by atoms with Crippen LogP contribution < -0.4 is 0 Å². The standard InChI is InChI=1S/C13H16O6/c1-5(14)18-9-3-7-10-8(4-17-13(10)16)11(9)12(7)19-6(2)15/h7-12H,3-4H2,1-2H3/t7-,8-,9+,10+,11+,12-/m1/s1. The summed E-state index contributed by atoms with van der Waals surface area (Å²) in [7, 11) is 0. The number of cyclic esters (lactones) is 1. The first kappa shape index (κ1) is 12.4. The van der Waals surface area contributed by atoms with Gasteiger partial charge in [-0.25, -0.2) is 0 Å². The monoisotopic (exact) mass is 268 g/mol. The Balaban J connectivity index is 1.85. The van der Waals surface area contributed by atoms with Gasteiger partial charge in [0, 0.05) is 31.6 Å². The van der Waals surface area contributed by atoms with Crippen molar-refractivity contribution in [2.75, 3.05) is 6.61 Å². The molecule has 1 heterocycles. The lowest BCUT2D eigenvalue weighted by atomic mass is 9.80. The Kier molecular flexibility index (Phi) is 2.76. The molecule has 3 aliphatic rings. The van der Waals surface area contributed by atoms with E-state index in [1.54, 1.807) is 0 Å². The molecule has 1 saturated heterocycles. The molecule has 0 amide bonds. The fourth-order valence-corrected chi connectivity index (χ4v) is 4.02. The summed E-state index contributed by atoms with van der Waals surface area (Å²) in [6.45, 7) is 3.05. The molecular weight excluding hydrogens is 252 g/mol. The zero-order valence-corrected chi connectivity index (χ0v) is 10.8. The Morgan fingerprint density at radius 3 is 2.47 bits per heavy atom. The van der Waals surface area contributed by atoms with Gasteiger partial charge in [0.1, 0.15) is 12.2 Å². The molecule has 0 spiro atoms. The van der Waals surface area contributed by atoms with E-state index < -0.39 is 0 Å². The van der Waals surface area contributed by atoms with Crippen molar-refractivity contribution in [3.63, 3.8) is 0 Å². The van der Waals surface area contributed by atoms with E-state index in [2.05, 4.69) is 0 Å². The third-order valence-electron chi connectivity index (χ3n) is 4.46. The molecule has 0 radical (unpaired) electrons. The van der Waals surface area contributed by atoms with Crippen LogP contribution in [0.25, 0.3) is 0 Å². The molecule has 0 unspecified atom stereocenters. The molecule has 2 saturated carbocycles. The quantitative estimate of drug-likeness (QED) is 0.529. The highest BCUT2D eigenvalue weighted by Gasteiger charge is 2.66. The number of rotatable bonds is 2. The van der Waals surface area contributed by atoms with Crippen LogP contribution in [0.5, 0.6) is 0 Å². The predicted molar refractivity (Wildman–Crippen MR) is 60.6 cm³/mol. The maximum Gasteiger partial charge on any atom is 0.309 e. The first-order valence-electron chi connectivity index (χ1n) is 6.50. The molecule has 3 rings (SSSR count). The number of esters is 3. The second-order valence-corrected chi connectivity index (χ2v) is 5.52. The number of fused-ring (bicyclic) bond motifs is 5. The number of carbonyl (C=O) groups is 3. The van der Waals surface area contributed by atoms with E-state index in [0.29, 0.717) is 13.0 Å². The number of ether oxygens (including phenoxy) is 3. The molecule has 2 bridgehead atoms. The summed E-state index contributed by atoms with van der Waals surface area (Å²) < 4.78 is 15.7. The summed E-state index contributed by atoms with van der Waals surface area (Å²) in [5, 5.41) is 0. The lowest BCUT2D eigenvalue weighted by Gasteiger charge is -2.27. The normalized spacial score (nSPS) is 42.7. The van der Waals surface area contributed by atoms with Crippen molar-refractivity contribution in [3.05, 3.63) is 0 Å². The lowest BCUT2D eigenvalue weighted by molar-refractivity contribution is -0.155. The third-order valence-corrected chi connectivity index (χ3v) is 4.46. The molecule has 0 N–H and O–H groups in total. The van der Waals surface area contributed by atoms with Crippen LogP contribution in [0, 0.1) is 23.7 Å². The summed E-state index contributed by atoms with van der Waals surface area (Å²) in [6.07, 6.45) is -0.0364. The second kappa shape index (κ2) is 4.21. The largest absolute Gasteiger partial charge is 0.465 e. The molecule has 3 fully saturated rings. The minimum Gasteiger partial charge on any atom is -0.465 e. The zero-order chi connectivity index (χ0) is 13.7. The van der Waals surface area contributed by atoms with Gasteiger partial charge in [0.05, 0.1) is 12.5 Å². The summed E-state index contributed by atoms with van der Waals surface area (Å²) in [5.41, 5.74) is 0. The van der Waals surface area contributed by atoms with Crippen LogP contribution >= 0.6 is 0 Å². The van der Waals surface area contributed by atoms with Gasteiger partial charge in [0.25, 0.3) is 0 Å². The van der Waals surface area contributed by atoms with E-state index in [9.17, 15) is 14.4 Å². The van der Waals surface area contributed by atoms with E-state index in [1.807, 2.05) is 0 Å². The smallest absolute Gasteiger partial charge is 0.309 e. The molecule has 0 aromatic rings. The van der Waals surface area contributed by atoms with Crippen molar-refractivity contribution in [1.29, 1.82) is 0 Å². The van der Waals surface area contributed by atoms with Gasteiger partial charge < -0.3 is 14.2 Å². The first-order chi connectivity index (χ1) is 8.99. The van der Waals surface area contributed by atoms with E-state index in [1.165, 1.54) is 13.8 Å². The van der Waals surface area contributed by atoms with Crippen molar-refractivity contribution in [3.8, 4) is 0 Å². The van der Waals surface area contributed by atoms with Gasteiger partial charge in [0.15, 0.2) is 0 Å². The van der Waals surface area contributed by atoms with E-state index in [0.717, 1.165) is 0 Å². The highest BCUT2D eigenvalue weighted by atomic mass is 16.6. The van der Waals surface area contributed by atoms with Gasteiger partial charge in [0.2, 0.25) is 0 Å². The number of hydrogen-bond donors (Lipinski definition) is 0. The van der Waals surface area contributed by atoms with Gasteiger partial charge in [-0.3, -0.25) is 14.4 Å². The van der Waals surface area contributed by atoms with Gasteiger partial charge in [-0.15, -0.1) is 0 Å².